The van der Waals surface area contributed by atoms with Gasteiger partial charge in [0.1, 0.15) is 11.8 Å². The van der Waals surface area contributed by atoms with Crippen LogP contribution in [0, 0.1) is 13.8 Å². The Bertz CT molecular complexity index is 1240. The first-order valence-corrected chi connectivity index (χ1v) is 9.77. The molecule has 1 aliphatic rings. The number of carbonyl (C=O) groups excluding carboxylic acids is 1. The second kappa shape index (κ2) is 6.98. The zero-order chi connectivity index (χ0) is 20.8. The Morgan fingerprint density at radius 3 is 2.83 bits per heavy atom. The van der Waals surface area contributed by atoms with Crippen LogP contribution in [-0.4, -0.2) is 44.6 Å². The molecule has 0 unspecified atom stereocenters. The first-order valence-electron chi connectivity index (χ1n) is 9.77. The number of nitrogens with one attached hydrogen (secondary N) is 1. The lowest BCUT2D eigenvalue weighted by Gasteiger charge is -2.35. The molecule has 4 heterocycles. The zero-order valence-electron chi connectivity index (χ0n) is 17.0. The minimum atomic E-state index is -0.304. The summed E-state index contributed by atoms with van der Waals surface area (Å²) in [4.78, 5) is 27.8. The molecule has 1 aliphatic heterocycles. The van der Waals surface area contributed by atoms with E-state index >= 15 is 0 Å². The Hall–Kier alpha value is -3.68. The molecule has 0 saturated heterocycles. The number of hydrogen-bond acceptors (Lipinski definition) is 6. The van der Waals surface area contributed by atoms with Crippen LogP contribution in [-0.2, 0) is 6.42 Å². The molecule has 1 aromatic carbocycles. The van der Waals surface area contributed by atoms with Crippen molar-refractivity contribution in [3.63, 3.8) is 0 Å². The molecule has 0 bridgehead atoms. The molecule has 3 aromatic heterocycles. The quantitative estimate of drug-likeness (QED) is 0.563. The van der Waals surface area contributed by atoms with Gasteiger partial charge in [-0.15, -0.1) is 0 Å². The number of hydrogen-bond donors (Lipinski definition) is 1. The van der Waals surface area contributed by atoms with Crippen molar-refractivity contribution in [2.24, 2.45) is 0 Å². The summed E-state index contributed by atoms with van der Waals surface area (Å²) in [6, 6.07) is 9.26. The summed E-state index contributed by atoms with van der Waals surface area (Å²) in [5.74, 6) is 0.674. The van der Waals surface area contributed by atoms with Crippen molar-refractivity contribution in [2.75, 3.05) is 13.7 Å². The number of amides is 1. The fourth-order valence-electron chi connectivity index (χ4n) is 4.16. The van der Waals surface area contributed by atoms with Gasteiger partial charge in [0, 0.05) is 24.4 Å². The van der Waals surface area contributed by atoms with E-state index < -0.39 is 0 Å². The molecular formula is C22H21N5O3. The van der Waals surface area contributed by atoms with Crippen molar-refractivity contribution < 1.29 is 14.1 Å². The number of aromatic nitrogens is 4. The summed E-state index contributed by atoms with van der Waals surface area (Å²) in [6.45, 7) is 4.23. The number of aromatic amines is 1. The smallest absolute Gasteiger partial charge is 0.258 e. The number of carbonyl (C=O) groups is 1. The molecule has 5 rings (SSSR count). The van der Waals surface area contributed by atoms with Gasteiger partial charge in [-0.2, -0.15) is 0 Å². The topological polar surface area (TPSA) is 97.1 Å². The van der Waals surface area contributed by atoms with Gasteiger partial charge in [-0.05, 0) is 37.6 Å². The van der Waals surface area contributed by atoms with Crippen LogP contribution in [0.2, 0.25) is 0 Å². The lowest BCUT2D eigenvalue weighted by molar-refractivity contribution is 0.0692. The molecule has 0 spiro atoms. The summed E-state index contributed by atoms with van der Waals surface area (Å²) in [7, 11) is 1.63. The monoisotopic (exact) mass is 403 g/mol. The van der Waals surface area contributed by atoms with Gasteiger partial charge in [-0.1, -0.05) is 17.3 Å². The third kappa shape index (κ3) is 2.83. The Labute approximate surface area is 172 Å². The molecule has 1 amide bonds. The minimum absolute atomic E-state index is 0.0914. The fourth-order valence-corrected chi connectivity index (χ4v) is 4.16. The third-order valence-electron chi connectivity index (χ3n) is 5.59. The Kier molecular flexibility index (Phi) is 4.27. The fraction of sp³-hybridized carbons (Fsp3) is 0.273. The van der Waals surface area contributed by atoms with Gasteiger partial charge in [0.25, 0.3) is 11.6 Å². The number of benzene rings is 1. The number of imidazole rings is 1. The van der Waals surface area contributed by atoms with E-state index in [1.165, 1.54) is 0 Å². The van der Waals surface area contributed by atoms with Crippen LogP contribution in [0.15, 0.2) is 41.2 Å². The number of nitrogens with zero attached hydrogens (tertiary/aromatic N) is 4. The standard InChI is InChI=1S/C22H21N5O3/c1-12-10-16(18-13(2)26-30-21(18)25-12)22(28)27-9-8-17-19(24-11-23-17)20(27)14-4-6-15(29-3)7-5-14/h4-7,10-11,20H,8-9H2,1-3H3,(H,23,24)/t20-/m1/s1. The molecule has 1 atom stereocenters. The second-order valence-electron chi connectivity index (χ2n) is 7.45. The summed E-state index contributed by atoms with van der Waals surface area (Å²) >= 11 is 0. The predicted molar refractivity (Wildman–Crippen MR) is 109 cm³/mol. The van der Waals surface area contributed by atoms with Crippen molar-refractivity contribution in [3.8, 4) is 5.75 Å². The summed E-state index contributed by atoms with van der Waals surface area (Å²) < 4.78 is 10.6. The lowest BCUT2D eigenvalue weighted by Crippen LogP contribution is -2.41. The highest BCUT2D eigenvalue weighted by molar-refractivity contribution is 6.06. The molecule has 30 heavy (non-hydrogen) atoms. The number of rotatable bonds is 3. The molecule has 152 valence electrons. The third-order valence-corrected chi connectivity index (χ3v) is 5.59. The maximum Gasteiger partial charge on any atom is 0.258 e. The number of H-pyrrole nitrogens is 1. The average molecular weight is 403 g/mol. The molecule has 8 heteroatoms. The maximum atomic E-state index is 13.8. The number of aryl methyl sites for hydroxylation is 2. The molecule has 0 radical (unpaired) electrons. The van der Waals surface area contributed by atoms with Crippen LogP contribution < -0.4 is 4.74 Å². The SMILES string of the molecule is COc1ccc([C@@H]2c3nc[nH]c3CCN2C(=O)c2cc(C)nc3onc(C)c23)cc1. The van der Waals surface area contributed by atoms with E-state index in [2.05, 4.69) is 20.1 Å². The highest BCUT2D eigenvalue weighted by Gasteiger charge is 2.35. The summed E-state index contributed by atoms with van der Waals surface area (Å²) in [5.41, 5.74) is 5.19. The van der Waals surface area contributed by atoms with Crippen LogP contribution in [0.5, 0.6) is 5.75 Å². The molecular weight excluding hydrogens is 382 g/mol. The summed E-state index contributed by atoms with van der Waals surface area (Å²) in [5, 5.41) is 4.67. The van der Waals surface area contributed by atoms with E-state index in [1.807, 2.05) is 43.0 Å². The van der Waals surface area contributed by atoms with Gasteiger partial charge < -0.3 is 19.1 Å². The van der Waals surface area contributed by atoms with Crippen molar-refractivity contribution in [1.29, 1.82) is 0 Å². The van der Waals surface area contributed by atoms with Crippen molar-refractivity contribution in [3.05, 3.63) is 70.6 Å². The van der Waals surface area contributed by atoms with Crippen molar-refractivity contribution in [2.45, 2.75) is 26.3 Å². The minimum Gasteiger partial charge on any atom is -0.497 e. The zero-order valence-corrected chi connectivity index (χ0v) is 17.0. The first kappa shape index (κ1) is 18.4. The van der Waals surface area contributed by atoms with Crippen LogP contribution in [0.3, 0.4) is 0 Å². The molecule has 0 saturated carbocycles. The van der Waals surface area contributed by atoms with Gasteiger partial charge >= 0.3 is 0 Å². The maximum absolute atomic E-state index is 13.8. The molecule has 4 aromatic rings. The highest BCUT2D eigenvalue weighted by Crippen LogP contribution is 2.36. The second-order valence-corrected chi connectivity index (χ2v) is 7.45. The van der Waals surface area contributed by atoms with Gasteiger partial charge in [0.05, 0.1) is 35.8 Å². The Balaban J connectivity index is 1.63. The average Bonchev–Trinajstić information content (AvgIpc) is 3.38. The highest BCUT2D eigenvalue weighted by atomic mass is 16.5. The normalized spacial score (nSPS) is 16.0. The number of fused-ring (bicyclic) bond motifs is 2. The Morgan fingerprint density at radius 1 is 1.27 bits per heavy atom. The van der Waals surface area contributed by atoms with E-state index in [9.17, 15) is 4.79 Å². The van der Waals surface area contributed by atoms with Crippen LogP contribution in [0.4, 0.5) is 0 Å². The largest absolute Gasteiger partial charge is 0.497 e. The van der Waals surface area contributed by atoms with Crippen molar-refractivity contribution in [1.82, 2.24) is 25.0 Å². The van der Waals surface area contributed by atoms with Gasteiger partial charge in [-0.25, -0.2) is 9.97 Å². The van der Waals surface area contributed by atoms with E-state index in [0.29, 0.717) is 41.0 Å². The van der Waals surface area contributed by atoms with Crippen LogP contribution >= 0.6 is 0 Å². The lowest BCUT2D eigenvalue weighted by atomic mass is 9.94. The predicted octanol–water partition coefficient (Wildman–Crippen LogP) is 3.36. The van der Waals surface area contributed by atoms with Gasteiger partial charge in [0.2, 0.25) is 0 Å². The van der Waals surface area contributed by atoms with E-state index in [4.69, 9.17) is 9.26 Å². The number of pyridine rings is 1. The van der Waals surface area contributed by atoms with Gasteiger partial charge in [0.15, 0.2) is 0 Å². The van der Waals surface area contributed by atoms with E-state index in [0.717, 1.165) is 22.7 Å². The molecule has 1 N–H and O–H groups in total. The van der Waals surface area contributed by atoms with Crippen molar-refractivity contribution >= 4 is 17.0 Å². The van der Waals surface area contributed by atoms with E-state index in [1.54, 1.807) is 19.5 Å². The Morgan fingerprint density at radius 2 is 2.07 bits per heavy atom. The molecule has 8 nitrogen and oxygen atoms in total. The summed E-state index contributed by atoms with van der Waals surface area (Å²) in [6.07, 6.45) is 2.40. The van der Waals surface area contributed by atoms with E-state index in [-0.39, 0.29) is 11.9 Å². The molecule has 0 aliphatic carbocycles. The van der Waals surface area contributed by atoms with Crippen LogP contribution in [0.25, 0.3) is 11.1 Å². The number of methoxy groups -OCH3 is 1. The number of ether oxygens (including phenoxy) is 1. The van der Waals surface area contributed by atoms with Crippen LogP contribution in [0.1, 0.15) is 44.7 Å². The molecule has 0 fully saturated rings. The van der Waals surface area contributed by atoms with Gasteiger partial charge in [-0.3, -0.25) is 4.79 Å². The first-order chi connectivity index (χ1) is 14.6.